The lowest BCUT2D eigenvalue weighted by atomic mass is 10.2. The number of rotatable bonds is 4. The quantitative estimate of drug-likeness (QED) is 0.809. The minimum absolute atomic E-state index is 0.165. The number of hydrogen-bond acceptors (Lipinski definition) is 4. The van der Waals surface area contributed by atoms with E-state index < -0.39 is 0 Å². The normalized spacial score (nSPS) is 11.2. The number of aromatic nitrogens is 4. The number of halogens is 2. The van der Waals surface area contributed by atoms with E-state index in [4.69, 9.17) is 11.6 Å². The van der Waals surface area contributed by atoms with Gasteiger partial charge in [0.05, 0.1) is 6.04 Å². The van der Waals surface area contributed by atoms with Crippen molar-refractivity contribution in [1.82, 2.24) is 20.2 Å². The molecule has 0 aliphatic heterocycles. The molecule has 0 atom stereocenters. The van der Waals surface area contributed by atoms with Gasteiger partial charge in [-0.2, -0.15) is 0 Å². The third-order valence-corrected chi connectivity index (χ3v) is 3.67. The average molecular weight is 287 g/mol. The zero-order chi connectivity index (χ0) is 13.1. The van der Waals surface area contributed by atoms with E-state index in [9.17, 15) is 4.39 Å². The van der Waals surface area contributed by atoms with Gasteiger partial charge in [-0.3, -0.25) is 0 Å². The van der Waals surface area contributed by atoms with Crippen molar-refractivity contribution in [1.29, 1.82) is 0 Å². The minimum Gasteiger partial charge on any atom is -0.218 e. The molecule has 0 saturated carbocycles. The van der Waals surface area contributed by atoms with Gasteiger partial charge in [-0.1, -0.05) is 29.4 Å². The van der Waals surface area contributed by atoms with Crippen LogP contribution in [0.4, 0.5) is 4.39 Å². The first-order valence-electron chi connectivity index (χ1n) is 5.43. The molecular formula is C11H12ClFN4S. The first-order chi connectivity index (χ1) is 8.59. The second-order valence-corrected chi connectivity index (χ2v) is 5.34. The van der Waals surface area contributed by atoms with Gasteiger partial charge in [0, 0.05) is 16.3 Å². The van der Waals surface area contributed by atoms with Gasteiger partial charge < -0.3 is 0 Å². The summed E-state index contributed by atoms with van der Waals surface area (Å²) in [5.41, 5.74) is 0.475. The van der Waals surface area contributed by atoms with Crippen molar-refractivity contribution < 1.29 is 4.39 Å². The van der Waals surface area contributed by atoms with Crippen molar-refractivity contribution in [2.45, 2.75) is 30.8 Å². The fraction of sp³-hybridized carbons (Fsp3) is 0.364. The number of hydrogen-bond donors (Lipinski definition) is 0. The number of benzene rings is 1. The molecule has 0 fully saturated rings. The maximum absolute atomic E-state index is 13.6. The van der Waals surface area contributed by atoms with E-state index in [0.717, 1.165) is 0 Å². The standard InChI is InChI=1S/C11H12ClFN4S/c1-7(2)17-11(14-15-16-17)18-6-8-9(12)4-3-5-10(8)13/h3-5,7H,6H2,1-2H3. The Hall–Kier alpha value is -1.14. The Morgan fingerprint density at radius 3 is 2.89 bits per heavy atom. The minimum atomic E-state index is -0.307. The maximum Gasteiger partial charge on any atom is 0.209 e. The van der Waals surface area contributed by atoms with Gasteiger partial charge in [-0.25, -0.2) is 9.07 Å². The molecule has 7 heteroatoms. The van der Waals surface area contributed by atoms with Gasteiger partial charge in [-0.15, -0.1) is 5.10 Å². The van der Waals surface area contributed by atoms with E-state index in [1.807, 2.05) is 13.8 Å². The fourth-order valence-electron chi connectivity index (χ4n) is 1.41. The summed E-state index contributed by atoms with van der Waals surface area (Å²) >= 11 is 7.33. The first-order valence-corrected chi connectivity index (χ1v) is 6.79. The second-order valence-electron chi connectivity index (χ2n) is 3.99. The van der Waals surface area contributed by atoms with Crippen LogP contribution in [0.3, 0.4) is 0 Å². The highest BCUT2D eigenvalue weighted by atomic mass is 35.5. The Kier molecular flexibility index (Phi) is 4.19. The molecule has 0 unspecified atom stereocenters. The number of nitrogens with zero attached hydrogens (tertiary/aromatic N) is 4. The molecule has 2 rings (SSSR count). The molecule has 0 bridgehead atoms. The third kappa shape index (κ3) is 2.81. The Balaban J connectivity index is 2.14. The lowest BCUT2D eigenvalue weighted by molar-refractivity contribution is 0.477. The predicted molar refractivity (Wildman–Crippen MR) is 69.2 cm³/mol. The molecule has 2 aromatic rings. The maximum atomic E-state index is 13.6. The van der Waals surface area contributed by atoms with Gasteiger partial charge in [0.15, 0.2) is 0 Å². The summed E-state index contributed by atoms with van der Waals surface area (Å²) < 4.78 is 15.3. The van der Waals surface area contributed by atoms with Crippen molar-refractivity contribution in [2.24, 2.45) is 0 Å². The summed E-state index contributed by atoms with van der Waals surface area (Å²) in [5, 5.41) is 12.5. The van der Waals surface area contributed by atoms with Crippen LogP contribution < -0.4 is 0 Å². The molecule has 0 saturated heterocycles. The SMILES string of the molecule is CC(C)n1nnnc1SCc1c(F)cccc1Cl. The molecule has 0 N–H and O–H groups in total. The topological polar surface area (TPSA) is 43.6 Å². The summed E-state index contributed by atoms with van der Waals surface area (Å²) in [7, 11) is 0. The van der Waals surface area contributed by atoms with Crippen molar-refractivity contribution in [3.63, 3.8) is 0 Å². The van der Waals surface area contributed by atoms with Crippen molar-refractivity contribution in [3.8, 4) is 0 Å². The zero-order valence-electron chi connectivity index (χ0n) is 9.97. The van der Waals surface area contributed by atoms with E-state index in [1.165, 1.54) is 17.8 Å². The van der Waals surface area contributed by atoms with Gasteiger partial charge in [0.1, 0.15) is 5.82 Å². The van der Waals surface area contributed by atoms with E-state index in [0.29, 0.717) is 21.5 Å². The molecule has 1 aromatic heterocycles. The van der Waals surface area contributed by atoms with Crippen molar-refractivity contribution in [2.75, 3.05) is 0 Å². The third-order valence-electron chi connectivity index (χ3n) is 2.36. The zero-order valence-corrected chi connectivity index (χ0v) is 11.5. The molecule has 0 amide bonds. The average Bonchev–Trinajstić information content (AvgIpc) is 2.76. The number of thioether (sulfide) groups is 1. The van der Waals surface area contributed by atoms with Crippen LogP contribution in [0.15, 0.2) is 23.4 Å². The lowest BCUT2D eigenvalue weighted by Gasteiger charge is -2.08. The van der Waals surface area contributed by atoms with E-state index in [1.54, 1.807) is 16.8 Å². The number of tetrazole rings is 1. The predicted octanol–water partition coefficient (Wildman–Crippen LogP) is 3.34. The molecule has 18 heavy (non-hydrogen) atoms. The Morgan fingerprint density at radius 2 is 2.22 bits per heavy atom. The summed E-state index contributed by atoms with van der Waals surface area (Å²) in [6.07, 6.45) is 0. The van der Waals surface area contributed by atoms with Crippen molar-refractivity contribution in [3.05, 3.63) is 34.6 Å². The highest BCUT2D eigenvalue weighted by Crippen LogP contribution is 2.27. The Bertz CT molecular complexity index is 523. The van der Waals surface area contributed by atoms with Crippen LogP contribution in [-0.4, -0.2) is 20.2 Å². The van der Waals surface area contributed by atoms with Crippen LogP contribution in [0.5, 0.6) is 0 Å². The highest BCUT2D eigenvalue weighted by molar-refractivity contribution is 7.98. The van der Waals surface area contributed by atoms with Crippen LogP contribution in [-0.2, 0) is 5.75 Å². The first kappa shape index (κ1) is 13.3. The summed E-state index contributed by atoms with van der Waals surface area (Å²) in [6, 6.07) is 4.82. The van der Waals surface area contributed by atoms with E-state index >= 15 is 0 Å². The molecule has 0 spiro atoms. The van der Waals surface area contributed by atoms with E-state index in [2.05, 4.69) is 15.5 Å². The summed E-state index contributed by atoms with van der Waals surface area (Å²) in [5.74, 6) is 0.0945. The lowest BCUT2D eigenvalue weighted by Crippen LogP contribution is -2.05. The summed E-state index contributed by atoms with van der Waals surface area (Å²) in [4.78, 5) is 0. The van der Waals surface area contributed by atoms with Crippen LogP contribution in [0.2, 0.25) is 5.02 Å². The van der Waals surface area contributed by atoms with Crippen molar-refractivity contribution >= 4 is 23.4 Å². The largest absolute Gasteiger partial charge is 0.218 e. The van der Waals surface area contributed by atoms with Gasteiger partial charge >= 0.3 is 0 Å². The molecule has 0 aliphatic rings. The Labute approximate surface area is 114 Å². The van der Waals surface area contributed by atoms with E-state index in [-0.39, 0.29) is 11.9 Å². The smallest absolute Gasteiger partial charge is 0.209 e. The second kappa shape index (κ2) is 5.67. The highest BCUT2D eigenvalue weighted by Gasteiger charge is 2.13. The molecular weight excluding hydrogens is 275 g/mol. The molecule has 4 nitrogen and oxygen atoms in total. The van der Waals surface area contributed by atoms with Crippen LogP contribution in [0.25, 0.3) is 0 Å². The van der Waals surface area contributed by atoms with Gasteiger partial charge in [0.2, 0.25) is 5.16 Å². The molecule has 1 heterocycles. The Morgan fingerprint density at radius 1 is 1.44 bits per heavy atom. The van der Waals surface area contributed by atoms with Crippen LogP contribution >= 0.6 is 23.4 Å². The summed E-state index contributed by atoms with van der Waals surface area (Å²) in [6.45, 7) is 3.97. The molecule has 0 aliphatic carbocycles. The fourth-order valence-corrected chi connectivity index (χ4v) is 2.76. The van der Waals surface area contributed by atoms with Gasteiger partial charge in [-0.05, 0) is 36.4 Å². The van der Waals surface area contributed by atoms with Crippen LogP contribution in [0.1, 0.15) is 25.5 Å². The van der Waals surface area contributed by atoms with Crippen LogP contribution in [0, 0.1) is 5.82 Å². The molecule has 1 aromatic carbocycles. The monoisotopic (exact) mass is 286 g/mol. The van der Waals surface area contributed by atoms with Gasteiger partial charge in [0.25, 0.3) is 0 Å². The molecule has 96 valence electrons. The molecule has 0 radical (unpaired) electrons.